The van der Waals surface area contributed by atoms with Gasteiger partial charge in [0.15, 0.2) is 11.5 Å². The summed E-state index contributed by atoms with van der Waals surface area (Å²) < 4.78 is 12.1. The van der Waals surface area contributed by atoms with Gasteiger partial charge in [-0.3, -0.25) is 0 Å². The molecule has 2 rings (SSSR count). The van der Waals surface area contributed by atoms with E-state index in [-0.39, 0.29) is 6.10 Å². The van der Waals surface area contributed by atoms with E-state index in [0.29, 0.717) is 6.42 Å². The number of ether oxygens (including phenoxy) is 2. The van der Waals surface area contributed by atoms with Crippen molar-refractivity contribution in [3.63, 3.8) is 0 Å². The second-order valence-electron chi connectivity index (χ2n) is 4.20. The summed E-state index contributed by atoms with van der Waals surface area (Å²) in [5.41, 5.74) is 2.25. The Bertz CT molecular complexity index is 443. The van der Waals surface area contributed by atoms with Crippen LogP contribution in [0.3, 0.4) is 0 Å². The van der Waals surface area contributed by atoms with E-state index in [1.54, 1.807) is 7.11 Å². The van der Waals surface area contributed by atoms with Crippen molar-refractivity contribution in [2.45, 2.75) is 32.3 Å². The topological polar surface area (TPSA) is 35.5 Å². The highest BCUT2D eigenvalue weighted by Gasteiger charge is 2.27. The molecule has 1 aromatic rings. The summed E-state index contributed by atoms with van der Waals surface area (Å²) in [5.74, 6) is 1.59. The molecule has 3 nitrogen and oxygen atoms in total. The number of hydrogen-bond acceptors (Lipinski definition) is 3. The number of carbonyl (C=O) groups is 1. The molecule has 0 spiro atoms. The van der Waals surface area contributed by atoms with Crippen LogP contribution >= 0.6 is 15.9 Å². The lowest BCUT2D eigenvalue weighted by Crippen LogP contribution is -2.05. The molecule has 0 bridgehead atoms. The second-order valence-corrected chi connectivity index (χ2v) is 4.99. The standard InChI is InChI=1S/C13H15BrO3/c1-8-6-10-12(14)9(4-3-5-15)7-11(16-2)13(10)17-8/h5,7-8H,3-4,6H2,1-2H3. The summed E-state index contributed by atoms with van der Waals surface area (Å²) in [7, 11) is 1.64. The number of aryl methyl sites for hydroxylation is 1. The van der Waals surface area contributed by atoms with Crippen molar-refractivity contribution in [3.8, 4) is 11.5 Å². The Balaban J connectivity index is 2.43. The molecule has 1 aliphatic heterocycles. The Morgan fingerprint density at radius 1 is 1.65 bits per heavy atom. The quantitative estimate of drug-likeness (QED) is 0.802. The third-order valence-electron chi connectivity index (χ3n) is 2.91. The molecule has 1 aromatic carbocycles. The predicted molar refractivity (Wildman–Crippen MR) is 68.9 cm³/mol. The molecule has 0 amide bonds. The molecule has 0 fully saturated rings. The van der Waals surface area contributed by atoms with Crippen LogP contribution in [-0.4, -0.2) is 19.5 Å². The van der Waals surface area contributed by atoms with Gasteiger partial charge in [-0.2, -0.15) is 0 Å². The molecule has 0 saturated heterocycles. The van der Waals surface area contributed by atoms with Crippen LogP contribution in [0.5, 0.6) is 11.5 Å². The molecule has 0 aliphatic carbocycles. The van der Waals surface area contributed by atoms with E-state index in [2.05, 4.69) is 15.9 Å². The Morgan fingerprint density at radius 2 is 2.41 bits per heavy atom. The van der Waals surface area contributed by atoms with E-state index in [9.17, 15) is 4.79 Å². The fourth-order valence-electron chi connectivity index (χ4n) is 2.12. The van der Waals surface area contributed by atoms with Crippen molar-refractivity contribution < 1.29 is 14.3 Å². The van der Waals surface area contributed by atoms with Crippen molar-refractivity contribution in [3.05, 3.63) is 21.7 Å². The van der Waals surface area contributed by atoms with Crippen molar-refractivity contribution in [2.75, 3.05) is 7.11 Å². The first-order valence-corrected chi connectivity index (χ1v) is 6.45. The Morgan fingerprint density at radius 3 is 3.06 bits per heavy atom. The van der Waals surface area contributed by atoms with Crippen molar-refractivity contribution in [2.24, 2.45) is 0 Å². The molecule has 1 unspecified atom stereocenters. The van der Waals surface area contributed by atoms with E-state index < -0.39 is 0 Å². The first-order chi connectivity index (χ1) is 8.17. The second kappa shape index (κ2) is 5.08. The average Bonchev–Trinajstić information content (AvgIpc) is 2.71. The van der Waals surface area contributed by atoms with Crippen LogP contribution in [0.2, 0.25) is 0 Å². The summed E-state index contributed by atoms with van der Waals surface area (Å²) in [6.07, 6.45) is 3.24. The molecular formula is C13H15BrO3. The van der Waals surface area contributed by atoms with E-state index in [1.165, 1.54) is 0 Å². The van der Waals surface area contributed by atoms with Gasteiger partial charge in [-0.05, 0) is 25.0 Å². The number of halogens is 1. The molecular weight excluding hydrogens is 284 g/mol. The minimum atomic E-state index is 0.177. The maximum Gasteiger partial charge on any atom is 0.166 e. The number of methoxy groups -OCH3 is 1. The van der Waals surface area contributed by atoms with Crippen LogP contribution in [0.15, 0.2) is 10.5 Å². The molecule has 0 N–H and O–H groups in total. The highest BCUT2D eigenvalue weighted by molar-refractivity contribution is 9.10. The van der Waals surface area contributed by atoms with Crippen LogP contribution in [0.4, 0.5) is 0 Å². The van der Waals surface area contributed by atoms with Crippen LogP contribution in [0.25, 0.3) is 0 Å². The highest BCUT2D eigenvalue weighted by Crippen LogP contribution is 2.44. The van der Waals surface area contributed by atoms with Gasteiger partial charge in [-0.25, -0.2) is 0 Å². The number of aldehydes is 1. The van der Waals surface area contributed by atoms with Gasteiger partial charge in [0.1, 0.15) is 12.4 Å². The van der Waals surface area contributed by atoms with Crippen molar-refractivity contribution >= 4 is 22.2 Å². The minimum absolute atomic E-state index is 0.177. The lowest BCUT2D eigenvalue weighted by molar-refractivity contribution is -0.107. The summed E-state index contributed by atoms with van der Waals surface area (Å²) in [5, 5.41) is 0. The predicted octanol–water partition coefficient (Wildman–Crippen LogP) is 2.91. The summed E-state index contributed by atoms with van der Waals surface area (Å²) in [6, 6.07) is 1.95. The zero-order chi connectivity index (χ0) is 12.4. The van der Waals surface area contributed by atoms with E-state index >= 15 is 0 Å². The molecule has 92 valence electrons. The maximum absolute atomic E-state index is 10.5. The number of benzene rings is 1. The Labute approximate surface area is 109 Å². The fourth-order valence-corrected chi connectivity index (χ4v) is 2.77. The largest absolute Gasteiger partial charge is 0.493 e. The Kier molecular flexibility index (Phi) is 3.72. The van der Waals surface area contributed by atoms with Gasteiger partial charge in [-0.15, -0.1) is 0 Å². The zero-order valence-corrected chi connectivity index (χ0v) is 11.5. The van der Waals surface area contributed by atoms with Crippen LogP contribution in [-0.2, 0) is 17.6 Å². The van der Waals surface area contributed by atoms with Gasteiger partial charge in [0, 0.05) is 22.9 Å². The van der Waals surface area contributed by atoms with Gasteiger partial charge in [0.05, 0.1) is 7.11 Å². The SMILES string of the molecule is COc1cc(CCC=O)c(Br)c2c1OC(C)C2. The van der Waals surface area contributed by atoms with E-state index in [0.717, 1.165) is 46.2 Å². The van der Waals surface area contributed by atoms with Gasteiger partial charge in [-0.1, -0.05) is 15.9 Å². The van der Waals surface area contributed by atoms with Crippen molar-refractivity contribution in [1.29, 1.82) is 0 Å². The van der Waals surface area contributed by atoms with E-state index in [4.69, 9.17) is 9.47 Å². The van der Waals surface area contributed by atoms with Gasteiger partial charge in [0.25, 0.3) is 0 Å². The van der Waals surface area contributed by atoms with Crippen LogP contribution < -0.4 is 9.47 Å². The summed E-state index contributed by atoms with van der Waals surface area (Å²) in [6.45, 7) is 2.04. The Hall–Kier alpha value is -1.03. The first-order valence-electron chi connectivity index (χ1n) is 5.66. The molecule has 0 aromatic heterocycles. The molecule has 4 heteroatoms. The molecule has 17 heavy (non-hydrogen) atoms. The number of carbonyl (C=O) groups excluding carboxylic acids is 1. The van der Waals surface area contributed by atoms with Crippen LogP contribution in [0, 0.1) is 0 Å². The lowest BCUT2D eigenvalue weighted by atomic mass is 10.0. The molecule has 1 atom stereocenters. The molecule has 1 heterocycles. The summed E-state index contributed by atoms with van der Waals surface area (Å²) >= 11 is 3.60. The van der Waals surface area contributed by atoms with E-state index in [1.807, 2.05) is 13.0 Å². The molecule has 0 radical (unpaired) electrons. The number of fused-ring (bicyclic) bond motifs is 1. The number of rotatable bonds is 4. The average molecular weight is 299 g/mol. The highest BCUT2D eigenvalue weighted by atomic mass is 79.9. The first kappa shape index (κ1) is 12.4. The fraction of sp³-hybridized carbons (Fsp3) is 0.462. The van der Waals surface area contributed by atoms with Crippen molar-refractivity contribution in [1.82, 2.24) is 0 Å². The third kappa shape index (κ3) is 2.32. The van der Waals surface area contributed by atoms with Gasteiger partial charge in [0.2, 0.25) is 0 Å². The molecule has 1 aliphatic rings. The molecule has 0 saturated carbocycles. The third-order valence-corrected chi connectivity index (χ3v) is 3.90. The number of hydrogen-bond donors (Lipinski definition) is 0. The lowest BCUT2D eigenvalue weighted by Gasteiger charge is -2.12. The van der Waals surface area contributed by atoms with Crippen LogP contribution in [0.1, 0.15) is 24.5 Å². The van der Waals surface area contributed by atoms with Gasteiger partial charge < -0.3 is 14.3 Å². The summed E-state index contributed by atoms with van der Waals surface area (Å²) in [4.78, 5) is 10.5. The van der Waals surface area contributed by atoms with Gasteiger partial charge >= 0.3 is 0 Å². The normalized spacial score (nSPS) is 17.5. The zero-order valence-electron chi connectivity index (χ0n) is 9.96. The minimum Gasteiger partial charge on any atom is -0.493 e. The maximum atomic E-state index is 10.5. The smallest absolute Gasteiger partial charge is 0.166 e. The monoisotopic (exact) mass is 298 g/mol.